The SMILES string of the molecule is Cc1c(C(=O)O)sc2ncnc(NC3CCN(C(=O)CC(C)C)CC3)c12. The maximum absolute atomic E-state index is 12.2. The lowest BCUT2D eigenvalue weighted by molar-refractivity contribution is -0.132. The van der Waals surface area contributed by atoms with Crippen molar-refractivity contribution in [2.45, 2.75) is 46.1 Å². The summed E-state index contributed by atoms with van der Waals surface area (Å²) in [6.45, 7) is 7.38. The van der Waals surface area contributed by atoms with Crippen LogP contribution in [0.25, 0.3) is 10.2 Å². The first-order valence-electron chi connectivity index (χ1n) is 8.88. The second-order valence-corrected chi connectivity index (χ2v) is 8.16. The molecule has 3 rings (SSSR count). The first-order chi connectivity index (χ1) is 12.4. The number of nitrogens with one attached hydrogen (secondary N) is 1. The monoisotopic (exact) mass is 376 g/mol. The summed E-state index contributed by atoms with van der Waals surface area (Å²) < 4.78 is 0. The number of likely N-dealkylation sites (tertiary alicyclic amines) is 1. The van der Waals surface area contributed by atoms with Gasteiger partial charge in [0.15, 0.2) is 0 Å². The second-order valence-electron chi connectivity index (χ2n) is 7.16. The van der Waals surface area contributed by atoms with E-state index in [1.807, 2.05) is 4.90 Å². The molecular formula is C18H24N4O3S. The molecule has 7 nitrogen and oxygen atoms in total. The third-order valence-corrected chi connectivity index (χ3v) is 5.88. The molecule has 0 spiro atoms. The summed E-state index contributed by atoms with van der Waals surface area (Å²) in [5.74, 6) is 0.344. The molecule has 3 heterocycles. The zero-order valence-electron chi connectivity index (χ0n) is 15.3. The zero-order chi connectivity index (χ0) is 18.8. The topological polar surface area (TPSA) is 95.4 Å². The van der Waals surface area contributed by atoms with E-state index in [1.165, 1.54) is 17.7 Å². The number of carboxylic acids is 1. The second kappa shape index (κ2) is 7.57. The van der Waals surface area contributed by atoms with Gasteiger partial charge >= 0.3 is 5.97 Å². The Kier molecular flexibility index (Phi) is 5.41. The third-order valence-electron chi connectivity index (χ3n) is 4.69. The number of aromatic nitrogens is 2. The average molecular weight is 376 g/mol. The van der Waals surface area contributed by atoms with Gasteiger partial charge in [-0.05, 0) is 31.2 Å². The molecule has 8 heteroatoms. The van der Waals surface area contributed by atoms with Gasteiger partial charge in [-0.1, -0.05) is 13.8 Å². The summed E-state index contributed by atoms with van der Waals surface area (Å²) in [5.41, 5.74) is 0.699. The van der Waals surface area contributed by atoms with E-state index in [-0.39, 0.29) is 11.9 Å². The van der Waals surface area contributed by atoms with Gasteiger partial charge in [0.05, 0.1) is 5.39 Å². The number of hydrogen-bond acceptors (Lipinski definition) is 6. The van der Waals surface area contributed by atoms with Crippen molar-refractivity contribution in [2.24, 2.45) is 5.92 Å². The van der Waals surface area contributed by atoms with Crippen molar-refractivity contribution in [3.05, 3.63) is 16.8 Å². The van der Waals surface area contributed by atoms with E-state index in [0.29, 0.717) is 33.4 Å². The molecule has 1 aliphatic rings. The summed E-state index contributed by atoms with van der Waals surface area (Å²) in [5, 5.41) is 13.6. The Balaban J connectivity index is 1.71. The molecule has 0 bridgehead atoms. The Labute approximate surface area is 156 Å². The predicted molar refractivity (Wildman–Crippen MR) is 102 cm³/mol. The van der Waals surface area contributed by atoms with Crippen LogP contribution in [0.1, 0.15) is 48.3 Å². The minimum absolute atomic E-state index is 0.212. The van der Waals surface area contributed by atoms with Gasteiger partial charge in [-0.2, -0.15) is 0 Å². The molecule has 1 saturated heterocycles. The largest absolute Gasteiger partial charge is 0.477 e. The van der Waals surface area contributed by atoms with Crippen LogP contribution in [0.15, 0.2) is 6.33 Å². The highest BCUT2D eigenvalue weighted by molar-refractivity contribution is 7.20. The molecule has 140 valence electrons. The molecule has 0 aliphatic carbocycles. The molecule has 26 heavy (non-hydrogen) atoms. The molecule has 2 N–H and O–H groups in total. The standard InChI is InChI=1S/C18H24N4O3S/c1-10(2)8-13(23)22-6-4-12(5-7-22)21-16-14-11(3)15(18(24)25)26-17(14)20-9-19-16/h9-10,12H,4-8H2,1-3H3,(H,24,25)(H,19,20,21). The minimum atomic E-state index is -0.937. The number of piperidine rings is 1. The van der Waals surface area contributed by atoms with Crippen LogP contribution < -0.4 is 5.32 Å². The normalized spacial score (nSPS) is 15.6. The molecule has 0 saturated carbocycles. The van der Waals surface area contributed by atoms with Crippen LogP contribution in [0.3, 0.4) is 0 Å². The lowest BCUT2D eigenvalue weighted by atomic mass is 10.0. The first kappa shape index (κ1) is 18.6. The van der Waals surface area contributed by atoms with Crippen molar-refractivity contribution >= 4 is 39.2 Å². The molecule has 2 aromatic rings. The zero-order valence-corrected chi connectivity index (χ0v) is 16.1. The van der Waals surface area contributed by atoms with E-state index in [4.69, 9.17) is 0 Å². The highest BCUT2D eigenvalue weighted by Gasteiger charge is 2.25. The number of fused-ring (bicyclic) bond motifs is 1. The number of nitrogens with zero attached hydrogens (tertiary/aromatic N) is 3. The summed E-state index contributed by atoms with van der Waals surface area (Å²) >= 11 is 1.17. The Bertz CT molecular complexity index is 825. The third kappa shape index (κ3) is 3.80. The smallest absolute Gasteiger partial charge is 0.346 e. The van der Waals surface area contributed by atoms with E-state index in [0.717, 1.165) is 31.3 Å². The van der Waals surface area contributed by atoms with E-state index < -0.39 is 5.97 Å². The fourth-order valence-electron chi connectivity index (χ4n) is 3.33. The number of amides is 1. The number of carbonyl (C=O) groups excluding carboxylic acids is 1. The lowest BCUT2D eigenvalue weighted by Crippen LogP contribution is -2.42. The van der Waals surface area contributed by atoms with Crippen molar-refractivity contribution in [1.82, 2.24) is 14.9 Å². The van der Waals surface area contributed by atoms with Gasteiger partial charge in [0, 0.05) is 25.6 Å². The van der Waals surface area contributed by atoms with Crippen LogP contribution in [-0.4, -0.2) is 51.0 Å². The van der Waals surface area contributed by atoms with E-state index in [2.05, 4.69) is 29.1 Å². The van der Waals surface area contributed by atoms with Crippen molar-refractivity contribution < 1.29 is 14.7 Å². The maximum Gasteiger partial charge on any atom is 0.346 e. The number of anilines is 1. The van der Waals surface area contributed by atoms with Gasteiger partial charge in [-0.3, -0.25) is 4.79 Å². The molecule has 0 atom stereocenters. The van der Waals surface area contributed by atoms with Gasteiger partial charge in [-0.15, -0.1) is 11.3 Å². The van der Waals surface area contributed by atoms with Crippen LogP contribution in [0.2, 0.25) is 0 Å². The van der Waals surface area contributed by atoms with Crippen molar-refractivity contribution in [2.75, 3.05) is 18.4 Å². The van der Waals surface area contributed by atoms with Crippen LogP contribution in [0, 0.1) is 12.8 Å². The Morgan fingerprint density at radius 2 is 2.04 bits per heavy atom. The Morgan fingerprint density at radius 3 is 2.65 bits per heavy atom. The van der Waals surface area contributed by atoms with E-state index >= 15 is 0 Å². The number of hydrogen-bond donors (Lipinski definition) is 2. The molecule has 2 aromatic heterocycles. The van der Waals surface area contributed by atoms with E-state index in [1.54, 1.807) is 6.92 Å². The molecule has 1 amide bonds. The minimum Gasteiger partial charge on any atom is -0.477 e. The molecular weight excluding hydrogens is 352 g/mol. The summed E-state index contributed by atoms with van der Waals surface area (Å²) in [7, 11) is 0. The summed E-state index contributed by atoms with van der Waals surface area (Å²) in [6, 6.07) is 0.212. The highest BCUT2D eigenvalue weighted by atomic mass is 32.1. The fourth-order valence-corrected chi connectivity index (χ4v) is 4.32. The van der Waals surface area contributed by atoms with Gasteiger partial charge in [0.25, 0.3) is 0 Å². The molecule has 0 unspecified atom stereocenters. The molecule has 0 radical (unpaired) electrons. The van der Waals surface area contributed by atoms with Gasteiger partial charge < -0.3 is 15.3 Å². The number of rotatable bonds is 5. The number of carboxylic acid groups (broad SMARTS) is 1. The van der Waals surface area contributed by atoms with Gasteiger partial charge in [0.2, 0.25) is 5.91 Å². The van der Waals surface area contributed by atoms with Crippen LogP contribution in [-0.2, 0) is 4.79 Å². The lowest BCUT2D eigenvalue weighted by Gasteiger charge is -2.33. The van der Waals surface area contributed by atoms with Crippen molar-refractivity contribution in [3.8, 4) is 0 Å². The Morgan fingerprint density at radius 1 is 1.35 bits per heavy atom. The predicted octanol–water partition coefficient (Wildman–Crippen LogP) is 3.15. The molecule has 0 aromatic carbocycles. The average Bonchev–Trinajstić information content (AvgIpc) is 2.93. The van der Waals surface area contributed by atoms with E-state index in [9.17, 15) is 14.7 Å². The van der Waals surface area contributed by atoms with Gasteiger partial charge in [-0.25, -0.2) is 14.8 Å². The summed E-state index contributed by atoms with van der Waals surface area (Å²) in [6.07, 6.45) is 3.76. The summed E-state index contributed by atoms with van der Waals surface area (Å²) in [4.78, 5) is 35.0. The van der Waals surface area contributed by atoms with Crippen LogP contribution in [0.5, 0.6) is 0 Å². The first-order valence-corrected chi connectivity index (χ1v) is 9.70. The quantitative estimate of drug-likeness (QED) is 0.832. The van der Waals surface area contributed by atoms with Crippen LogP contribution >= 0.6 is 11.3 Å². The van der Waals surface area contributed by atoms with Crippen LogP contribution in [0.4, 0.5) is 5.82 Å². The number of thiophene rings is 1. The fraction of sp³-hybridized carbons (Fsp3) is 0.556. The van der Waals surface area contributed by atoms with Gasteiger partial charge in [0.1, 0.15) is 21.9 Å². The number of aromatic carboxylic acids is 1. The number of aryl methyl sites for hydroxylation is 1. The molecule has 1 aliphatic heterocycles. The maximum atomic E-state index is 12.2. The molecule has 1 fully saturated rings. The highest BCUT2D eigenvalue weighted by Crippen LogP contribution is 2.34. The van der Waals surface area contributed by atoms with Crippen molar-refractivity contribution in [1.29, 1.82) is 0 Å². The number of carbonyl (C=O) groups is 2. The Hall–Kier alpha value is -2.22. The van der Waals surface area contributed by atoms with Crippen molar-refractivity contribution in [3.63, 3.8) is 0 Å².